The molecular weight excluding hydrogens is 220 g/mol. The van der Waals surface area contributed by atoms with Gasteiger partial charge in [0.2, 0.25) is 0 Å². The molecule has 1 aromatic carbocycles. The zero-order valence-corrected chi connectivity index (χ0v) is 9.88. The molecule has 0 saturated heterocycles. The van der Waals surface area contributed by atoms with Crippen LogP contribution in [0.5, 0.6) is 0 Å². The molecule has 0 aliphatic heterocycles. The van der Waals surface area contributed by atoms with Crippen LogP contribution in [-0.2, 0) is 4.79 Å². The average molecular weight is 236 g/mol. The molecule has 5 heteroatoms. The zero-order valence-electron chi connectivity index (χ0n) is 9.88. The molecule has 0 aromatic heterocycles. The molecule has 0 aliphatic carbocycles. The lowest BCUT2D eigenvalue weighted by atomic mass is 10.1. The van der Waals surface area contributed by atoms with Gasteiger partial charge in [0.15, 0.2) is 0 Å². The van der Waals surface area contributed by atoms with Crippen molar-refractivity contribution in [1.82, 2.24) is 0 Å². The van der Waals surface area contributed by atoms with Crippen molar-refractivity contribution in [3.8, 4) is 0 Å². The van der Waals surface area contributed by atoms with Gasteiger partial charge in [0.05, 0.1) is 5.92 Å². The second-order valence-corrected chi connectivity index (χ2v) is 4.02. The molecule has 0 bridgehead atoms. The number of benzene rings is 1. The summed E-state index contributed by atoms with van der Waals surface area (Å²) in [5.74, 6) is -1.62. The lowest BCUT2D eigenvalue weighted by Crippen LogP contribution is -2.40. The third-order valence-corrected chi connectivity index (χ3v) is 2.49. The molecule has 1 rings (SSSR count). The van der Waals surface area contributed by atoms with Crippen LogP contribution in [0.15, 0.2) is 24.3 Å². The van der Waals surface area contributed by atoms with Crippen LogP contribution in [-0.4, -0.2) is 23.7 Å². The maximum absolute atomic E-state index is 11.3. The van der Waals surface area contributed by atoms with Crippen LogP contribution in [0.2, 0.25) is 0 Å². The Balaban J connectivity index is 2.90. The monoisotopic (exact) mass is 236 g/mol. The van der Waals surface area contributed by atoms with Gasteiger partial charge in [-0.25, -0.2) is 4.79 Å². The van der Waals surface area contributed by atoms with Gasteiger partial charge in [-0.3, -0.25) is 9.69 Å². The topological polar surface area (TPSA) is 83.6 Å². The van der Waals surface area contributed by atoms with Crippen molar-refractivity contribution in [3.63, 3.8) is 0 Å². The number of carbonyl (C=O) groups excluding carboxylic acids is 1. The minimum absolute atomic E-state index is 0.0632. The maximum Gasteiger partial charge on any atom is 0.319 e. The van der Waals surface area contributed by atoms with Crippen LogP contribution >= 0.6 is 0 Å². The lowest BCUT2D eigenvalue weighted by Gasteiger charge is -2.22. The molecule has 0 heterocycles. The van der Waals surface area contributed by atoms with Crippen LogP contribution < -0.4 is 10.6 Å². The highest BCUT2D eigenvalue weighted by Gasteiger charge is 2.19. The summed E-state index contributed by atoms with van der Waals surface area (Å²) in [6, 6.07) is 6.53. The Bertz CT molecular complexity index is 414. The summed E-state index contributed by atoms with van der Waals surface area (Å²) in [4.78, 5) is 23.3. The van der Waals surface area contributed by atoms with E-state index in [2.05, 4.69) is 0 Å². The van der Waals surface area contributed by atoms with Crippen LogP contribution in [0.1, 0.15) is 12.5 Å². The van der Waals surface area contributed by atoms with E-state index in [0.29, 0.717) is 5.69 Å². The number of carboxylic acid groups (broad SMARTS) is 1. The first-order valence-corrected chi connectivity index (χ1v) is 5.28. The van der Waals surface area contributed by atoms with Gasteiger partial charge in [-0.15, -0.1) is 0 Å². The summed E-state index contributed by atoms with van der Waals surface area (Å²) in [7, 11) is 0. The number of carbonyl (C=O) groups is 2. The standard InChI is InChI=1S/C12H16N2O3/c1-8-3-5-10(6-4-8)14(12(13)17)7-9(2)11(15)16/h3-6,9H,7H2,1-2H3,(H2,13,17)(H,15,16). The minimum Gasteiger partial charge on any atom is -0.481 e. The summed E-state index contributed by atoms with van der Waals surface area (Å²) in [6.45, 7) is 3.53. The van der Waals surface area contributed by atoms with Gasteiger partial charge in [0.1, 0.15) is 0 Å². The number of nitrogens with zero attached hydrogens (tertiary/aromatic N) is 1. The summed E-state index contributed by atoms with van der Waals surface area (Å²) >= 11 is 0. The van der Waals surface area contributed by atoms with Gasteiger partial charge in [-0.05, 0) is 19.1 Å². The predicted octanol–water partition coefficient (Wildman–Crippen LogP) is 1.60. The summed E-state index contributed by atoms with van der Waals surface area (Å²) in [6.07, 6.45) is 0. The molecule has 0 fully saturated rings. The van der Waals surface area contributed by atoms with Crippen molar-refractivity contribution >= 4 is 17.7 Å². The first-order valence-electron chi connectivity index (χ1n) is 5.28. The number of hydrogen-bond donors (Lipinski definition) is 2. The minimum atomic E-state index is -0.955. The van der Waals surface area contributed by atoms with Gasteiger partial charge in [-0.1, -0.05) is 24.6 Å². The highest BCUT2D eigenvalue weighted by molar-refractivity contribution is 5.91. The maximum atomic E-state index is 11.3. The Morgan fingerprint density at radius 1 is 1.35 bits per heavy atom. The van der Waals surface area contributed by atoms with Gasteiger partial charge in [0, 0.05) is 12.2 Å². The number of nitrogens with two attached hydrogens (primary N) is 1. The van der Waals surface area contributed by atoms with E-state index in [1.54, 1.807) is 12.1 Å². The van der Waals surface area contributed by atoms with E-state index in [-0.39, 0.29) is 6.54 Å². The number of anilines is 1. The molecule has 0 saturated carbocycles. The third kappa shape index (κ3) is 3.48. The molecule has 92 valence electrons. The number of aryl methyl sites for hydroxylation is 1. The molecule has 17 heavy (non-hydrogen) atoms. The number of hydrogen-bond acceptors (Lipinski definition) is 2. The lowest BCUT2D eigenvalue weighted by molar-refractivity contribution is -0.140. The van der Waals surface area contributed by atoms with Gasteiger partial charge in [-0.2, -0.15) is 0 Å². The fraction of sp³-hybridized carbons (Fsp3) is 0.333. The van der Waals surface area contributed by atoms with E-state index in [0.717, 1.165) is 5.56 Å². The van der Waals surface area contributed by atoms with E-state index >= 15 is 0 Å². The first-order chi connectivity index (χ1) is 7.91. The zero-order chi connectivity index (χ0) is 13.0. The number of aliphatic carboxylic acids is 1. The van der Waals surface area contributed by atoms with Crippen molar-refractivity contribution < 1.29 is 14.7 Å². The Hall–Kier alpha value is -2.04. The average Bonchev–Trinajstić information content (AvgIpc) is 2.26. The van der Waals surface area contributed by atoms with E-state index in [9.17, 15) is 9.59 Å². The number of primary amides is 1. The number of urea groups is 1. The number of rotatable bonds is 4. The van der Waals surface area contributed by atoms with E-state index < -0.39 is 17.9 Å². The summed E-state index contributed by atoms with van der Waals surface area (Å²) in [5.41, 5.74) is 6.92. The molecule has 1 aromatic rings. The highest BCUT2D eigenvalue weighted by atomic mass is 16.4. The van der Waals surface area contributed by atoms with Crippen molar-refractivity contribution in [1.29, 1.82) is 0 Å². The first kappa shape index (κ1) is 13.0. The molecular formula is C12H16N2O3. The fourth-order valence-corrected chi connectivity index (χ4v) is 1.40. The molecule has 0 spiro atoms. The van der Waals surface area contributed by atoms with Crippen LogP contribution in [0.25, 0.3) is 0 Å². The Labute approximate surface area is 99.8 Å². The molecule has 3 N–H and O–H groups in total. The molecule has 2 amide bonds. The molecule has 1 unspecified atom stereocenters. The van der Waals surface area contributed by atoms with Crippen LogP contribution in [0.3, 0.4) is 0 Å². The number of amides is 2. The third-order valence-electron chi connectivity index (χ3n) is 2.49. The van der Waals surface area contributed by atoms with E-state index in [4.69, 9.17) is 10.8 Å². The molecule has 1 atom stereocenters. The summed E-state index contributed by atoms with van der Waals surface area (Å²) in [5, 5.41) is 8.82. The van der Waals surface area contributed by atoms with Crippen molar-refractivity contribution in [2.24, 2.45) is 11.7 Å². The molecule has 0 radical (unpaired) electrons. The van der Waals surface area contributed by atoms with E-state index in [1.165, 1.54) is 11.8 Å². The van der Waals surface area contributed by atoms with Crippen molar-refractivity contribution in [3.05, 3.63) is 29.8 Å². The molecule has 5 nitrogen and oxygen atoms in total. The van der Waals surface area contributed by atoms with Gasteiger partial charge >= 0.3 is 12.0 Å². The Morgan fingerprint density at radius 2 is 1.88 bits per heavy atom. The molecule has 0 aliphatic rings. The van der Waals surface area contributed by atoms with E-state index in [1.807, 2.05) is 19.1 Å². The largest absolute Gasteiger partial charge is 0.481 e. The van der Waals surface area contributed by atoms with Gasteiger partial charge < -0.3 is 10.8 Å². The SMILES string of the molecule is Cc1ccc(N(CC(C)C(=O)O)C(N)=O)cc1. The Kier molecular flexibility index (Phi) is 4.09. The van der Waals surface area contributed by atoms with Crippen LogP contribution in [0, 0.1) is 12.8 Å². The quantitative estimate of drug-likeness (QED) is 0.832. The second-order valence-electron chi connectivity index (χ2n) is 4.02. The number of carboxylic acids is 1. The smallest absolute Gasteiger partial charge is 0.319 e. The Morgan fingerprint density at radius 3 is 2.29 bits per heavy atom. The summed E-state index contributed by atoms with van der Waals surface area (Å²) < 4.78 is 0. The van der Waals surface area contributed by atoms with Crippen molar-refractivity contribution in [2.45, 2.75) is 13.8 Å². The normalized spacial score (nSPS) is 11.9. The van der Waals surface area contributed by atoms with Gasteiger partial charge in [0.25, 0.3) is 0 Å². The van der Waals surface area contributed by atoms with Crippen LogP contribution in [0.4, 0.5) is 10.5 Å². The fourth-order valence-electron chi connectivity index (χ4n) is 1.40. The van der Waals surface area contributed by atoms with Crippen molar-refractivity contribution in [2.75, 3.05) is 11.4 Å². The predicted molar refractivity (Wildman–Crippen MR) is 64.9 cm³/mol. The second kappa shape index (κ2) is 5.34. The highest BCUT2D eigenvalue weighted by Crippen LogP contribution is 2.16.